The van der Waals surface area contributed by atoms with Crippen molar-refractivity contribution in [1.29, 1.82) is 0 Å². The number of hydrogen-bond acceptors (Lipinski definition) is 8. The molecule has 0 bridgehead atoms. The summed E-state index contributed by atoms with van der Waals surface area (Å²) in [6.07, 6.45) is 6.75. The van der Waals surface area contributed by atoms with Crippen LogP contribution in [0, 0.1) is 0 Å². The lowest BCUT2D eigenvalue weighted by atomic mass is 9.94. The predicted molar refractivity (Wildman–Crippen MR) is 277 cm³/mol. The highest BCUT2D eigenvalue weighted by Gasteiger charge is 2.15. The Balaban J connectivity index is 0.000000254. The van der Waals surface area contributed by atoms with E-state index in [0.29, 0.717) is 62.0 Å². The molecule has 0 heterocycles. The Labute approximate surface area is 398 Å². The SMILES string of the molecule is C=Cc1cc(-c2ccc(-c3ccc(OC(=O)C(=C)C)c(C=C)c3)cc2)ccc1OC(=O)C(=C)C.C=Cc1cc(-c2ccc(-c3ccc(OC(=O)C(=C)C)cc3)c(C=C)c2)ccc1OC(=O)C(=C)C. The van der Waals surface area contributed by atoms with Crippen LogP contribution in [-0.2, 0) is 19.2 Å². The van der Waals surface area contributed by atoms with Crippen LogP contribution in [0.1, 0.15) is 49.9 Å². The molecule has 0 spiro atoms. The Bertz CT molecular complexity index is 2930. The van der Waals surface area contributed by atoms with E-state index in [-0.39, 0.29) is 0 Å². The van der Waals surface area contributed by atoms with Crippen LogP contribution < -0.4 is 18.9 Å². The first kappa shape index (κ1) is 50.1. The van der Waals surface area contributed by atoms with Crippen LogP contribution in [0.5, 0.6) is 23.0 Å². The molecule has 0 radical (unpaired) electrons. The predicted octanol–water partition coefficient (Wildman–Crippen LogP) is 14.5. The maximum absolute atomic E-state index is 11.9. The highest BCUT2D eigenvalue weighted by Crippen LogP contribution is 2.35. The van der Waals surface area contributed by atoms with Gasteiger partial charge in [0.25, 0.3) is 0 Å². The first-order chi connectivity index (χ1) is 32.5. The van der Waals surface area contributed by atoms with Gasteiger partial charge in [-0.1, -0.05) is 144 Å². The Morgan fingerprint density at radius 3 is 0.926 bits per heavy atom. The minimum Gasteiger partial charge on any atom is -0.423 e. The maximum Gasteiger partial charge on any atom is 0.338 e. The lowest BCUT2D eigenvalue weighted by Gasteiger charge is -2.13. The third kappa shape index (κ3) is 12.7. The van der Waals surface area contributed by atoms with E-state index in [2.05, 4.69) is 52.6 Å². The largest absolute Gasteiger partial charge is 0.423 e. The lowest BCUT2D eigenvalue weighted by molar-refractivity contribution is -0.130. The average Bonchev–Trinajstić information content (AvgIpc) is 3.34. The van der Waals surface area contributed by atoms with Gasteiger partial charge in [0, 0.05) is 39.0 Å². The van der Waals surface area contributed by atoms with Crippen LogP contribution >= 0.6 is 0 Å². The molecule has 8 nitrogen and oxygen atoms in total. The highest BCUT2D eigenvalue weighted by molar-refractivity contribution is 5.92. The molecule has 0 aliphatic heterocycles. The van der Waals surface area contributed by atoms with Crippen molar-refractivity contribution in [2.75, 3.05) is 0 Å². The fourth-order valence-corrected chi connectivity index (χ4v) is 6.43. The zero-order chi connectivity index (χ0) is 49.7. The molecule has 0 saturated carbocycles. The second kappa shape index (κ2) is 22.8. The van der Waals surface area contributed by atoms with E-state index in [4.69, 9.17) is 18.9 Å². The first-order valence-corrected chi connectivity index (χ1v) is 21.2. The molecular formula is C60H52O8. The van der Waals surface area contributed by atoms with Crippen molar-refractivity contribution >= 4 is 48.2 Å². The molecule has 0 atom stereocenters. The van der Waals surface area contributed by atoms with Crippen LogP contribution in [-0.4, -0.2) is 23.9 Å². The monoisotopic (exact) mass is 900 g/mol. The van der Waals surface area contributed by atoms with Gasteiger partial charge in [0.05, 0.1) is 0 Å². The molecule has 0 amide bonds. The third-order valence-electron chi connectivity index (χ3n) is 10.2. The number of hydrogen-bond donors (Lipinski definition) is 0. The zero-order valence-corrected chi connectivity index (χ0v) is 38.8. The summed E-state index contributed by atoms with van der Waals surface area (Å²) in [5, 5.41) is 0. The van der Waals surface area contributed by atoms with E-state index in [0.717, 1.165) is 50.1 Å². The number of ether oxygens (including phenoxy) is 4. The van der Waals surface area contributed by atoms with E-state index < -0.39 is 23.9 Å². The van der Waals surface area contributed by atoms with Crippen LogP contribution in [0.15, 0.2) is 196 Å². The second-order valence-corrected chi connectivity index (χ2v) is 15.7. The summed E-state index contributed by atoms with van der Waals surface area (Å²) in [7, 11) is 0. The molecule has 6 rings (SSSR count). The Morgan fingerprint density at radius 1 is 0.338 bits per heavy atom. The van der Waals surface area contributed by atoms with Gasteiger partial charge in [-0.25, -0.2) is 19.2 Å². The summed E-state index contributed by atoms with van der Waals surface area (Å²) in [5.74, 6) is -0.116. The van der Waals surface area contributed by atoms with Crippen molar-refractivity contribution in [3.05, 3.63) is 219 Å². The molecule has 0 aliphatic carbocycles. The van der Waals surface area contributed by atoms with Gasteiger partial charge in [-0.3, -0.25) is 0 Å². The summed E-state index contributed by atoms with van der Waals surface area (Å²) in [4.78, 5) is 47.4. The van der Waals surface area contributed by atoms with Gasteiger partial charge in [-0.2, -0.15) is 0 Å². The number of carbonyl (C=O) groups is 4. The molecule has 0 aromatic heterocycles. The molecular weight excluding hydrogens is 849 g/mol. The summed E-state index contributed by atoms with van der Waals surface area (Å²) in [6, 6.07) is 38.1. The molecule has 0 saturated heterocycles. The first-order valence-electron chi connectivity index (χ1n) is 21.2. The molecule has 0 aliphatic rings. The summed E-state index contributed by atoms with van der Waals surface area (Å²) < 4.78 is 21.4. The second-order valence-electron chi connectivity index (χ2n) is 15.7. The minimum absolute atomic E-state index is 0.326. The average molecular weight is 901 g/mol. The molecule has 0 N–H and O–H groups in total. The quantitative estimate of drug-likeness (QED) is 0.0537. The van der Waals surface area contributed by atoms with Crippen molar-refractivity contribution in [2.24, 2.45) is 0 Å². The van der Waals surface area contributed by atoms with E-state index in [9.17, 15) is 19.2 Å². The Kier molecular flexibility index (Phi) is 16.8. The van der Waals surface area contributed by atoms with Gasteiger partial charge < -0.3 is 18.9 Å². The van der Waals surface area contributed by atoms with Crippen molar-refractivity contribution in [1.82, 2.24) is 0 Å². The fraction of sp³-hybridized carbons (Fsp3) is 0.0667. The van der Waals surface area contributed by atoms with E-state index in [1.807, 2.05) is 91.0 Å². The molecule has 6 aromatic rings. The maximum atomic E-state index is 11.9. The Morgan fingerprint density at radius 2 is 0.603 bits per heavy atom. The van der Waals surface area contributed by atoms with E-state index >= 15 is 0 Å². The van der Waals surface area contributed by atoms with Crippen LogP contribution in [0.2, 0.25) is 0 Å². The van der Waals surface area contributed by atoms with E-state index in [1.165, 1.54) is 0 Å². The smallest absolute Gasteiger partial charge is 0.338 e. The summed E-state index contributed by atoms with van der Waals surface area (Å²) in [5.41, 5.74) is 12.2. The zero-order valence-electron chi connectivity index (χ0n) is 38.8. The van der Waals surface area contributed by atoms with Gasteiger partial charge in [-0.15, -0.1) is 0 Å². The number of esters is 4. The van der Waals surface area contributed by atoms with Gasteiger partial charge in [-0.05, 0) is 132 Å². The number of benzene rings is 6. The lowest BCUT2D eigenvalue weighted by Crippen LogP contribution is -2.09. The van der Waals surface area contributed by atoms with Crippen LogP contribution in [0.4, 0.5) is 0 Å². The molecule has 8 heteroatoms. The minimum atomic E-state index is -0.477. The van der Waals surface area contributed by atoms with Crippen LogP contribution in [0.25, 0.3) is 68.8 Å². The van der Waals surface area contributed by atoms with Gasteiger partial charge in [0.2, 0.25) is 0 Å². The van der Waals surface area contributed by atoms with Crippen molar-refractivity contribution in [2.45, 2.75) is 27.7 Å². The third-order valence-corrected chi connectivity index (χ3v) is 10.2. The Hall–Kier alpha value is -8.88. The van der Waals surface area contributed by atoms with Crippen molar-refractivity contribution < 1.29 is 38.1 Å². The standard InChI is InChI=1S/2C30H26O4/c1-7-21-17-24(25-12-16-28(22(8-2)18-25)34-30(32)20(5)6)11-15-27(21)23-9-13-26(14-10-23)33-29(31)19(3)4;1-7-21-17-25(13-15-27(21)33-29(31)19(3)4)23-9-11-24(12-10-23)26-14-16-28(22(8-2)18-26)34-30(32)20(5)6/h2*7-18H,1-3,5H2,4,6H3. The van der Waals surface area contributed by atoms with Gasteiger partial charge in [0.1, 0.15) is 23.0 Å². The van der Waals surface area contributed by atoms with Crippen molar-refractivity contribution in [3.8, 4) is 67.5 Å². The normalized spacial score (nSPS) is 10.2. The fourth-order valence-electron chi connectivity index (χ4n) is 6.43. The number of carbonyl (C=O) groups excluding carboxylic acids is 4. The van der Waals surface area contributed by atoms with Crippen molar-refractivity contribution in [3.63, 3.8) is 0 Å². The highest BCUT2D eigenvalue weighted by atomic mass is 16.5. The van der Waals surface area contributed by atoms with Gasteiger partial charge in [0.15, 0.2) is 0 Å². The summed E-state index contributed by atoms with van der Waals surface area (Å²) >= 11 is 0. The number of rotatable bonds is 16. The molecule has 0 fully saturated rings. The van der Waals surface area contributed by atoms with E-state index in [1.54, 1.807) is 82.3 Å². The molecule has 340 valence electrons. The molecule has 68 heavy (non-hydrogen) atoms. The van der Waals surface area contributed by atoms with Gasteiger partial charge >= 0.3 is 23.9 Å². The molecule has 6 aromatic carbocycles. The molecule has 0 unspecified atom stereocenters. The van der Waals surface area contributed by atoms with Crippen LogP contribution in [0.3, 0.4) is 0 Å². The topological polar surface area (TPSA) is 105 Å². The summed E-state index contributed by atoms with van der Waals surface area (Å²) in [6.45, 7) is 36.3.